The minimum absolute atomic E-state index is 0.0151. The monoisotopic (exact) mass is 317 g/mol. The molecule has 0 radical (unpaired) electrons. The van der Waals surface area contributed by atoms with Crippen LogP contribution in [-0.4, -0.2) is 25.0 Å². The number of aromatic carboxylic acids is 1. The van der Waals surface area contributed by atoms with Crippen molar-refractivity contribution < 1.29 is 9.90 Å². The molecule has 1 N–H and O–H groups in total. The van der Waals surface area contributed by atoms with Gasteiger partial charge in [0, 0.05) is 24.2 Å². The molecule has 0 aromatic carbocycles. The van der Waals surface area contributed by atoms with Crippen molar-refractivity contribution in [1.82, 2.24) is 14.0 Å². The maximum Gasteiger partial charge on any atom is 0.347 e. The molecule has 22 heavy (non-hydrogen) atoms. The molecule has 0 aliphatic carbocycles. The molecule has 0 spiro atoms. The molecule has 0 amide bonds. The van der Waals surface area contributed by atoms with Crippen molar-refractivity contribution in [2.45, 2.75) is 13.5 Å². The van der Waals surface area contributed by atoms with Crippen LogP contribution < -0.4 is 11.2 Å². The standard InChI is InChI=1S/C14H11N3O4S/c1-8-11(18)16(6-9-2-4-15-5-3-9)14(21)17-7-10(13(19)20)22-12(8)17/h2-5,7H,6H2,1H3,(H,19,20). The van der Waals surface area contributed by atoms with E-state index in [0.717, 1.165) is 21.5 Å². The van der Waals surface area contributed by atoms with Crippen LogP contribution in [0.3, 0.4) is 0 Å². The molecule has 0 saturated heterocycles. The Hall–Kier alpha value is -2.74. The van der Waals surface area contributed by atoms with E-state index in [1.165, 1.54) is 10.6 Å². The third-order valence-electron chi connectivity index (χ3n) is 3.30. The molecule has 0 aliphatic rings. The number of carboxylic acid groups (broad SMARTS) is 1. The summed E-state index contributed by atoms with van der Waals surface area (Å²) >= 11 is 0.915. The summed E-state index contributed by atoms with van der Waals surface area (Å²) in [5, 5.41) is 9.04. The van der Waals surface area contributed by atoms with Gasteiger partial charge in [-0.2, -0.15) is 0 Å². The summed E-state index contributed by atoms with van der Waals surface area (Å²) in [6.07, 6.45) is 4.41. The Morgan fingerprint density at radius 3 is 2.64 bits per heavy atom. The van der Waals surface area contributed by atoms with Gasteiger partial charge in [0.25, 0.3) is 5.56 Å². The maximum absolute atomic E-state index is 12.5. The van der Waals surface area contributed by atoms with Crippen LogP contribution in [0.15, 0.2) is 40.3 Å². The van der Waals surface area contributed by atoms with Gasteiger partial charge in [-0.15, -0.1) is 11.3 Å². The highest BCUT2D eigenvalue weighted by Gasteiger charge is 2.16. The number of hydrogen-bond donors (Lipinski definition) is 1. The number of fused-ring (bicyclic) bond motifs is 1. The van der Waals surface area contributed by atoms with Crippen LogP contribution in [-0.2, 0) is 6.54 Å². The van der Waals surface area contributed by atoms with Crippen LogP contribution in [0.4, 0.5) is 0 Å². The molecule has 0 saturated carbocycles. The molecule has 0 aliphatic heterocycles. The predicted octanol–water partition coefficient (Wildman–Crippen LogP) is 0.973. The molecule has 3 aromatic rings. The fourth-order valence-electron chi connectivity index (χ4n) is 2.17. The number of hydrogen-bond acceptors (Lipinski definition) is 5. The number of carboxylic acids is 1. The lowest BCUT2D eigenvalue weighted by atomic mass is 10.2. The fourth-order valence-corrected chi connectivity index (χ4v) is 3.10. The Kier molecular flexibility index (Phi) is 3.38. The fraction of sp³-hybridized carbons (Fsp3) is 0.143. The van der Waals surface area contributed by atoms with Crippen LogP contribution in [0.1, 0.15) is 20.8 Å². The molecule has 0 fully saturated rings. The van der Waals surface area contributed by atoms with Gasteiger partial charge in [-0.05, 0) is 24.6 Å². The third kappa shape index (κ3) is 2.23. The highest BCUT2D eigenvalue weighted by molar-refractivity contribution is 7.19. The van der Waals surface area contributed by atoms with E-state index in [1.54, 1.807) is 31.5 Å². The van der Waals surface area contributed by atoms with E-state index in [1.807, 2.05) is 0 Å². The molecule has 0 atom stereocenters. The van der Waals surface area contributed by atoms with Gasteiger partial charge in [0.1, 0.15) is 9.71 Å². The highest BCUT2D eigenvalue weighted by atomic mass is 32.1. The topological polar surface area (TPSA) is 93.7 Å². The average molecular weight is 317 g/mol. The smallest absolute Gasteiger partial charge is 0.347 e. The van der Waals surface area contributed by atoms with Crippen molar-refractivity contribution in [3.8, 4) is 0 Å². The SMILES string of the molecule is Cc1c(=O)n(Cc2ccncc2)c(=O)n2cc(C(=O)O)sc12. The zero-order valence-corrected chi connectivity index (χ0v) is 12.3. The molecule has 3 rings (SSSR count). The van der Waals surface area contributed by atoms with Gasteiger partial charge in [-0.25, -0.2) is 9.59 Å². The van der Waals surface area contributed by atoms with Crippen LogP contribution >= 0.6 is 11.3 Å². The number of aromatic nitrogens is 3. The molecule has 8 heteroatoms. The second-order valence-electron chi connectivity index (χ2n) is 4.73. The van der Waals surface area contributed by atoms with Crippen LogP contribution in [0, 0.1) is 6.92 Å². The lowest BCUT2D eigenvalue weighted by Crippen LogP contribution is -2.38. The van der Waals surface area contributed by atoms with Crippen LogP contribution in [0.2, 0.25) is 0 Å². The van der Waals surface area contributed by atoms with Crippen molar-refractivity contribution in [1.29, 1.82) is 0 Å². The molecule has 3 aromatic heterocycles. The molecule has 7 nitrogen and oxygen atoms in total. The van der Waals surface area contributed by atoms with Crippen molar-refractivity contribution >= 4 is 22.1 Å². The number of aryl methyl sites for hydroxylation is 1. The summed E-state index contributed by atoms with van der Waals surface area (Å²) < 4.78 is 2.31. The second-order valence-corrected chi connectivity index (χ2v) is 5.76. The summed E-state index contributed by atoms with van der Waals surface area (Å²) in [5.74, 6) is -1.12. The Bertz CT molecular complexity index is 985. The molecular formula is C14H11N3O4S. The molecule has 112 valence electrons. The van der Waals surface area contributed by atoms with E-state index in [9.17, 15) is 14.4 Å². The van der Waals surface area contributed by atoms with Gasteiger partial charge in [0.15, 0.2) is 0 Å². The highest BCUT2D eigenvalue weighted by Crippen LogP contribution is 2.18. The Balaban J connectivity index is 2.25. The number of nitrogens with zero attached hydrogens (tertiary/aromatic N) is 3. The minimum atomic E-state index is -1.12. The van der Waals surface area contributed by atoms with E-state index >= 15 is 0 Å². The average Bonchev–Trinajstić information content (AvgIpc) is 2.96. The summed E-state index contributed by atoms with van der Waals surface area (Å²) in [5.41, 5.74) is 0.153. The number of carbonyl (C=O) groups is 1. The summed E-state index contributed by atoms with van der Waals surface area (Å²) in [6.45, 7) is 1.70. The van der Waals surface area contributed by atoms with Crippen LogP contribution in [0.5, 0.6) is 0 Å². The zero-order valence-electron chi connectivity index (χ0n) is 11.5. The summed E-state index contributed by atoms with van der Waals surface area (Å²) in [6, 6.07) is 3.43. The normalized spacial score (nSPS) is 11.0. The third-order valence-corrected chi connectivity index (χ3v) is 4.49. The molecule has 0 bridgehead atoms. The van der Waals surface area contributed by atoms with Gasteiger partial charge in [0.05, 0.1) is 6.54 Å². The van der Waals surface area contributed by atoms with E-state index < -0.39 is 17.2 Å². The quantitative estimate of drug-likeness (QED) is 0.777. The zero-order chi connectivity index (χ0) is 15.9. The van der Waals surface area contributed by atoms with Crippen molar-refractivity contribution in [2.75, 3.05) is 0 Å². The first-order valence-corrected chi connectivity index (χ1v) is 7.18. The first-order chi connectivity index (χ1) is 10.5. The van der Waals surface area contributed by atoms with Crippen molar-refractivity contribution in [3.63, 3.8) is 0 Å². The van der Waals surface area contributed by atoms with Gasteiger partial charge < -0.3 is 5.11 Å². The number of thiazole rings is 1. The van der Waals surface area contributed by atoms with Gasteiger partial charge in [-0.3, -0.25) is 18.7 Å². The van der Waals surface area contributed by atoms with Gasteiger partial charge in [-0.1, -0.05) is 0 Å². The maximum atomic E-state index is 12.5. The molecule has 3 heterocycles. The first-order valence-electron chi connectivity index (χ1n) is 6.37. The van der Waals surface area contributed by atoms with Gasteiger partial charge >= 0.3 is 11.7 Å². The Morgan fingerprint density at radius 1 is 1.32 bits per heavy atom. The Morgan fingerprint density at radius 2 is 2.00 bits per heavy atom. The lowest BCUT2D eigenvalue weighted by Gasteiger charge is -2.07. The minimum Gasteiger partial charge on any atom is -0.477 e. The first kappa shape index (κ1) is 14.2. The van der Waals surface area contributed by atoms with Gasteiger partial charge in [0.2, 0.25) is 0 Å². The summed E-state index contributed by atoms with van der Waals surface area (Å²) in [4.78, 5) is 40.2. The van der Waals surface area contributed by atoms with Crippen LogP contribution in [0.25, 0.3) is 4.83 Å². The van der Waals surface area contributed by atoms with E-state index in [4.69, 9.17) is 5.11 Å². The summed E-state index contributed by atoms with van der Waals surface area (Å²) in [7, 11) is 0. The van der Waals surface area contributed by atoms with E-state index in [2.05, 4.69) is 4.98 Å². The second kappa shape index (κ2) is 5.23. The molecular weight excluding hydrogens is 306 g/mol. The van der Waals surface area contributed by atoms with E-state index in [0.29, 0.717) is 10.4 Å². The van der Waals surface area contributed by atoms with Crippen molar-refractivity contribution in [2.24, 2.45) is 0 Å². The number of rotatable bonds is 3. The predicted molar refractivity (Wildman–Crippen MR) is 80.8 cm³/mol. The number of pyridine rings is 1. The van der Waals surface area contributed by atoms with Crippen molar-refractivity contribution in [3.05, 3.63) is 67.6 Å². The largest absolute Gasteiger partial charge is 0.477 e. The molecule has 0 unspecified atom stereocenters. The lowest BCUT2D eigenvalue weighted by molar-refractivity contribution is 0.0701. The van der Waals surface area contributed by atoms with E-state index in [-0.39, 0.29) is 11.4 Å². The Labute approximate surface area is 127 Å².